The number of primary amides is 1. The molecule has 0 unspecified atom stereocenters. The zero-order valence-corrected chi connectivity index (χ0v) is 13.9. The van der Waals surface area contributed by atoms with Crippen LogP contribution in [-0.2, 0) is 9.84 Å². The lowest BCUT2D eigenvalue weighted by Gasteiger charge is -2.04. The molecular formula is C15H17N5O4S. The Kier molecular flexibility index (Phi) is 5.67. The highest BCUT2D eigenvalue weighted by atomic mass is 32.2. The molecule has 2 amide bonds. The Hall–Kier alpha value is -2.98. The number of anilines is 2. The van der Waals surface area contributed by atoms with Crippen LogP contribution in [0.1, 0.15) is 0 Å². The van der Waals surface area contributed by atoms with Gasteiger partial charge < -0.3 is 21.9 Å². The minimum atomic E-state index is -3.50. The summed E-state index contributed by atoms with van der Waals surface area (Å²) >= 11 is 0. The van der Waals surface area contributed by atoms with E-state index in [0.717, 1.165) is 0 Å². The second kappa shape index (κ2) is 7.73. The summed E-state index contributed by atoms with van der Waals surface area (Å²) in [5, 5.41) is 19.1. The number of rotatable bonds is 6. The van der Waals surface area contributed by atoms with Crippen molar-refractivity contribution < 1.29 is 18.3 Å². The molecule has 0 atom stereocenters. The molecule has 0 aliphatic rings. The number of benzene rings is 2. The van der Waals surface area contributed by atoms with Crippen LogP contribution < -0.4 is 16.8 Å². The number of nitrogens with zero attached hydrogens (tertiary/aromatic N) is 2. The molecule has 132 valence electrons. The van der Waals surface area contributed by atoms with Gasteiger partial charge in [-0.3, -0.25) is 0 Å². The third-order valence-corrected chi connectivity index (χ3v) is 4.83. The Morgan fingerprint density at radius 3 is 2.36 bits per heavy atom. The highest BCUT2D eigenvalue weighted by Gasteiger charge is 2.13. The molecule has 0 aliphatic heterocycles. The van der Waals surface area contributed by atoms with E-state index in [-0.39, 0.29) is 16.3 Å². The first kappa shape index (κ1) is 18.4. The van der Waals surface area contributed by atoms with Crippen molar-refractivity contribution >= 4 is 38.6 Å². The van der Waals surface area contributed by atoms with E-state index in [1.807, 2.05) is 0 Å². The van der Waals surface area contributed by atoms with Crippen molar-refractivity contribution in [1.29, 1.82) is 0 Å². The van der Waals surface area contributed by atoms with Crippen molar-refractivity contribution in [2.75, 3.05) is 23.4 Å². The van der Waals surface area contributed by atoms with Gasteiger partial charge in [-0.1, -0.05) is 0 Å². The normalized spacial score (nSPS) is 11.6. The van der Waals surface area contributed by atoms with Gasteiger partial charge in [-0.2, -0.15) is 5.11 Å². The van der Waals surface area contributed by atoms with Gasteiger partial charge in [-0.15, -0.1) is 5.11 Å². The number of nitrogen functional groups attached to an aromatic ring is 1. The molecule has 10 heteroatoms. The molecule has 2 aromatic rings. The Bertz CT molecular complexity index is 895. The van der Waals surface area contributed by atoms with Gasteiger partial charge in [-0.05, 0) is 42.5 Å². The van der Waals surface area contributed by atoms with Gasteiger partial charge in [0.15, 0.2) is 9.84 Å². The summed E-state index contributed by atoms with van der Waals surface area (Å²) < 4.78 is 23.6. The van der Waals surface area contributed by atoms with Crippen LogP contribution in [-0.4, -0.2) is 31.9 Å². The third kappa shape index (κ3) is 4.99. The fourth-order valence-corrected chi connectivity index (χ4v) is 2.96. The first-order valence-corrected chi connectivity index (χ1v) is 8.78. The summed E-state index contributed by atoms with van der Waals surface area (Å²) in [7, 11) is -3.50. The molecule has 0 aliphatic carbocycles. The fraction of sp³-hybridized carbons (Fsp3) is 0.133. The third-order valence-electron chi connectivity index (χ3n) is 3.12. The predicted octanol–water partition coefficient (Wildman–Crippen LogP) is 1.94. The Labute approximate surface area is 144 Å². The van der Waals surface area contributed by atoms with Crippen LogP contribution in [0.2, 0.25) is 0 Å². The number of urea groups is 1. The summed E-state index contributed by atoms with van der Waals surface area (Å²) in [4.78, 5) is 10.9. The van der Waals surface area contributed by atoms with Crippen LogP contribution in [0, 0.1) is 0 Å². The van der Waals surface area contributed by atoms with Crippen LogP contribution in [0.4, 0.5) is 27.5 Å². The Morgan fingerprint density at radius 1 is 1.12 bits per heavy atom. The van der Waals surface area contributed by atoms with Gasteiger partial charge >= 0.3 is 6.03 Å². The summed E-state index contributed by atoms with van der Waals surface area (Å²) in [5.74, 6) is -0.337. The van der Waals surface area contributed by atoms with Crippen LogP contribution in [0.15, 0.2) is 57.6 Å². The van der Waals surface area contributed by atoms with Gasteiger partial charge in [0.2, 0.25) is 0 Å². The zero-order chi connectivity index (χ0) is 18.4. The quantitative estimate of drug-likeness (QED) is 0.455. The lowest BCUT2D eigenvalue weighted by atomic mass is 10.2. The number of azo groups is 1. The number of nitrogens with one attached hydrogen (secondary N) is 1. The van der Waals surface area contributed by atoms with E-state index in [1.54, 1.807) is 12.1 Å². The summed E-state index contributed by atoms with van der Waals surface area (Å²) in [6.07, 6.45) is 0. The molecular weight excluding hydrogens is 346 g/mol. The second-order valence-corrected chi connectivity index (χ2v) is 7.11. The number of hydrogen-bond donors (Lipinski definition) is 4. The zero-order valence-electron chi connectivity index (χ0n) is 13.1. The standard InChI is InChI=1S/C15H17N5O4S/c16-13-9-11(18-15(17)22)3-6-14(13)20-19-10-1-4-12(5-2-10)25(23,24)8-7-21/h1-6,9,21H,7-8,16H2,(H3,17,18,22). The molecule has 9 nitrogen and oxygen atoms in total. The van der Waals surface area contributed by atoms with Crippen LogP contribution >= 0.6 is 0 Å². The number of nitrogens with two attached hydrogens (primary N) is 2. The monoisotopic (exact) mass is 363 g/mol. The van der Waals surface area contributed by atoms with E-state index in [1.165, 1.54) is 30.3 Å². The molecule has 0 aromatic heterocycles. The van der Waals surface area contributed by atoms with Crippen molar-refractivity contribution in [3.05, 3.63) is 42.5 Å². The number of aliphatic hydroxyl groups is 1. The lowest BCUT2D eigenvalue weighted by Crippen LogP contribution is -2.19. The molecule has 0 spiro atoms. The van der Waals surface area contributed by atoms with Gasteiger partial charge in [0.1, 0.15) is 5.69 Å². The van der Waals surface area contributed by atoms with E-state index >= 15 is 0 Å². The lowest BCUT2D eigenvalue weighted by molar-refractivity contribution is 0.259. The molecule has 0 bridgehead atoms. The number of carbonyl (C=O) groups excluding carboxylic acids is 1. The number of carbonyl (C=O) groups is 1. The van der Waals surface area contributed by atoms with Gasteiger partial charge in [0.25, 0.3) is 0 Å². The Balaban J connectivity index is 2.15. The number of hydrogen-bond acceptors (Lipinski definition) is 7. The van der Waals surface area contributed by atoms with E-state index in [9.17, 15) is 13.2 Å². The molecule has 0 saturated carbocycles. The first-order valence-electron chi connectivity index (χ1n) is 7.13. The maximum atomic E-state index is 11.8. The van der Waals surface area contributed by atoms with E-state index in [4.69, 9.17) is 16.6 Å². The van der Waals surface area contributed by atoms with Crippen molar-refractivity contribution in [2.45, 2.75) is 4.90 Å². The second-order valence-electron chi connectivity index (χ2n) is 5.00. The van der Waals surface area contributed by atoms with E-state index in [2.05, 4.69) is 15.5 Å². The average molecular weight is 363 g/mol. The largest absolute Gasteiger partial charge is 0.397 e. The van der Waals surface area contributed by atoms with E-state index in [0.29, 0.717) is 17.1 Å². The minimum Gasteiger partial charge on any atom is -0.397 e. The van der Waals surface area contributed by atoms with Crippen LogP contribution in [0.3, 0.4) is 0 Å². The smallest absolute Gasteiger partial charge is 0.316 e. The molecule has 0 radical (unpaired) electrons. The predicted molar refractivity (Wildman–Crippen MR) is 93.8 cm³/mol. The van der Waals surface area contributed by atoms with E-state index < -0.39 is 22.5 Å². The Morgan fingerprint density at radius 2 is 1.80 bits per heavy atom. The highest BCUT2D eigenvalue weighted by molar-refractivity contribution is 7.91. The summed E-state index contributed by atoms with van der Waals surface area (Å²) in [6.45, 7) is -0.441. The maximum absolute atomic E-state index is 11.8. The van der Waals surface area contributed by atoms with Crippen molar-refractivity contribution in [1.82, 2.24) is 0 Å². The molecule has 2 aromatic carbocycles. The number of sulfone groups is 1. The topological polar surface area (TPSA) is 160 Å². The van der Waals surface area contributed by atoms with Crippen LogP contribution in [0.25, 0.3) is 0 Å². The number of amides is 2. The SMILES string of the molecule is NC(=O)Nc1ccc(N=Nc2ccc(S(=O)(=O)CCO)cc2)c(N)c1. The maximum Gasteiger partial charge on any atom is 0.316 e. The average Bonchev–Trinajstić information content (AvgIpc) is 2.54. The fourth-order valence-electron chi connectivity index (χ4n) is 1.94. The van der Waals surface area contributed by atoms with Crippen molar-refractivity contribution in [2.24, 2.45) is 16.0 Å². The molecule has 0 fully saturated rings. The number of aliphatic hydroxyl groups excluding tert-OH is 1. The first-order chi connectivity index (χ1) is 11.8. The van der Waals surface area contributed by atoms with Crippen LogP contribution in [0.5, 0.6) is 0 Å². The van der Waals surface area contributed by atoms with Gasteiger partial charge in [0, 0.05) is 5.69 Å². The van der Waals surface area contributed by atoms with Gasteiger partial charge in [0.05, 0.1) is 28.6 Å². The van der Waals surface area contributed by atoms with Crippen molar-refractivity contribution in [3.63, 3.8) is 0 Å². The summed E-state index contributed by atoms with van der Waals surface area (Å²) in [5.41, 5.74) is 12.4. The summed E-state index contributed by atoms with van der Waals surface area (Å²) in [6, 6.07) is 9.68. The molecule has 6 N–H and O–H groups in total. The van der Waals surface area contributed by atoms with Crippen molar-refractivity contribution in [3.8, 4) is 0 Å². The van der Waals surface area contributed by atoms with Gasteiger partial charge in [-0.25, -0.2) is 13.2 Å². The molecule has 25 heavy (non-hydrogen) atoms. The molecule has 0 saturated heterocycles. The highest BCUT2D eigenvalue weighted by Crippen LogP contribution is 2.27. The minimum absolute atomic E-state index is 0.0990. The molecule has 0 heterocycles. The molecule has 2 rings (SSSR count).